The lowest BCUT2D eigenvalue weighted by Crippen LogP contribution is -2.26. The van der Waals surface area contributed by atoms with E-state index in [0.29, 0.717) is 10.7 Å². The van der Waals surface area contributed by atoms with E-state index < -0.39 is 6.09 Å². The van der Waals surface area contributed by atoms with Crippen molar-refractivity contribution in [3.8, 4) is 0 Å². The highest BCUT2D eigenvalue weighted by atomic mass is 35.5. The van der Waals surface area contributed by atoms with Crippen molar-refractivity contribution in [3.63, 3.8) is 0 Å². The number of carbonyl (C=O) groups excluding carboxylic acids is 2. The average Bonchev–Trinajstić information content (AvgIpc) is 2.57. The van der Waals surface area contributed by atoms with Gasteiger partial charge in [-0.2, -0.15) is 0 Å². The predicted molar refractivity (Wildman–Crippen MR) is 93.2 cm³/mol. The lowest BCUT2D eigenvalue weighted by molar-refractivity contribution is -0.120. The molecule has 0 radical (unpaired) electrons. The van der Waals surface area contributed by atoms with E-state index in [1.54, 1.807) is 24.3 Å². The fourth-order valence-corrected chi connectivity index (χ4v) is 1.93. The maximum Gasteiger partial charge on any atom is 0.437 e. The molecule has 0 aromatic heterocycles. The second-order valence-corrected chi connectivity index (χ2v) is 5.20. The van der Waals surface area contributed by atoms with Gasteiger partial charge in [-0.05, 0) is 29.8 Å². The summed E-state index contributed by atoms with van der Waals surface area (Å²) in [5.74, 6) is -0.140. The Morgan fingerprint density at radius 2 is 1.79 bits per heavy atom. The number of hydrogen-bond donors (Lipinski definition) is 2. The zero-order valence-electron chi connectivity index (χ0n) is 12.7. The molecule has 0 aliphatic rings. The van der Waals surface area contributed by atoms with Crippen LogP contribution in [-0.4, -0.2) is 24.8 Å². The van der Waals surface area contributed by atoms with Crippen LogP contribution in [-0.2, 0) is 16.1 Å². The van der Waals surface area contributed by atoms with Gasteiger partial charge in [0.15, 0.2) is 0 Å². The first-order valence-corrected chi connectivity index (χ1v) is 7.57. The minimum Gasteiger partial charge on any atom is -0.351 e. The van der Waals surface area contributed by atoms with Crippen LogP contribution in [0.2, 0.25) is 5.02 Å². The van der Waals surface area contributed by atoms with E-state index in [4.69, 9.17) is 11.6 Å². The van der Waals surface area contributed by atoms with Crippen molar-refractivity contribution >= 4 is 35.5 Å². The number of benzene rings is 2. The van der Waals surface area contributed by atoms with E-state index in [1.807, 2.05) is 30.3 Å². The van der Waals surface area contributed by atoms with Crippen molar-refractivity contribution in [3.05, 3.63) is 65.2 Å². The van der Waals surface area contributed by atoms with E-state index in [0.717, 1.165) is 5.56 Å². The summed E-state index contributed by atoms with van der Waals surface area (Å²) < 4.78 is 0. The maximum absolute atomic E-state index is 11.7. The molecular formula is C17H16ClN3O3. The monoisotopic (exact) mass is 345 g/mol. The summed E-state index contributed by atoms with van der Waals surface area (Å²) in [6, 6.07) is 15.9. The normalized spacial score (nSPS) is 10.4. The highest BCUT2D eigenvalue weighted by Crippen LogP contribution is 2.13. The molecule has 0 aliphatic carbocycles. The van der Waals surface area contributed by atoms with Crippen LogP contribution in [0.15, 0.2) is 59.8 Å². The summed E-state index contributed by atoms with van der Waals surface area (Å²) in [5, 5.41) is 9.18. The van der Waals surface area contributed by atoms with Gasteiger partial charge in [0.05, 0.1) is 19.2 Å². The number of anilines is 1. The summed E-state index contributed by atoms with van der Waals surface area (Å²) in [7, 11) is 0. The fraction of sp³-hybridized carbons (Fsp3) is 0.118. The Hall–Kier alpha value is -2.86. The Labute approximate surface area is 144 Å². The summed E-state index contributed by atoms with van der Waals surface area (Å²) in [5.41, 5.74) is 1.46. The van der Waals surface area contributed by atoms with Crippen LogP contribution in [0.5, 0.6) is 0 Å². The average molecular weight is 346 g/mol. The molecule has 6 nitrogen and oxygen atoms in total. The number of hydrogen-bond acceptors (Lipinski definition) is 4. The Bertz CT molecular complexity index is 703. The lowest BCUT2D eigenvalue weighted by atomic mass is 10.1. The van der Waals surface area contributed by atoms with Gasteiger partial charge < -0.3 is 5.32 Å². The van der Waals surface area contributed by atoms with Crippen molar-refractivity contribution in [2.45, 2.75) is 6.42 Å². The van der Waals surface area contributed by atoms with Crippen molar-refractivity contribution in [2.24, 2.45) is 5.16 Å². The standard InChI is InChI=1S/C17H16ClN3O3/c18-14-6-8-15(9-7-14)21-17(23)24-20-11-10-19-16(22)12-13-4-2-1-3-5-13/h1-9,11H,10,12H2,(H,19,22)(H,21,23)/b20-11+. The number of amides is 2. The van der Waals surface area contributed by atoms with Gasteiger partial charge in [0.25, 0.3) is 0 Å². The molecule has 0 fully saturated rings. The first kappa shape index (κ1) is 17.5. The number of nitrogens with one attached hydrogen (secondary N) is 2. The van der Waals surface area contributed by atoms with Gasteiger partial charge in [-0.1, -0.05) is 47.1 Å². The Morgan fingerprint density at radius 3 is 2.50 bits per heavy atom. The van der Waals surface area contributed by atoms with Gasteiger partial charge in [0.2, 0.25) is 5.91 Å². The molecule has 0 atom stereocenters. The molecule has 0 spiro atoms. The summed E-state index contributed by atoms with van der Waals surface area (Å²) in [6.07, 6.45) is 0.848. The minimum absolute atomic E-state index is 0.140. The molecule has 0 aliphatic heterocycles. The van der Waals surface area contributed by atoms with Crippen LogP contribution >= 0.6 is 11.6 Å². The Morgan fingerprint density at radius 1 is 1.08 bits per heavy atom. The van der Waals surface area contributed by atoms with Crippen LogP contribution in [0.3, 0.4) is 0 Å². The van der Waals surface area contributed by atoms with Gasteiger partial charge in [-0.3, -0.25) is 14.9 Å². The number of rotatable bonds is 6. The van der Waals surface area contributed by atoms with Crippen molar-refractivity contribution in [1.82, 2.24) is 5.32 Å². The number of carbonyl (C=O) groups is 2. The Balaban J connectivity index is 1.64. The molecule has 7 heteroatoms. The van der Waals surface area contributed by atoms with Crippen LogP contribution in [0.4, 0.5) is 10.5 Å². The third-order valence-electron chi connectivity index (χ3n) is 2.90. The molecule has 0 saturated heterocycles. The second-order valence-electron chi connectivity index (χ2n) is 4.77. The number of halogens is 1. The van der Waals surface area contributed by atoms with Gasteiger partial charge in [0, 0.05) is 10.7 Å². The number of nitrogens with zero attached hydrogens (tertiary/aromatic N) is 1. The van der Waals surface area contributed by atoms with Crippen molar-refractivity contribution in [1.29, 1.82) is 0 Å². The molecule has 2 N–H and O–H groups in total. The largest absolute Gasteiger partial charge is 0.437 e. The van der Waals surface area contributed by atoms with E-state index in [1.165, 1.54) is 6.21 Å². The molecule has 0 bridgehead atoms. The minimum atomic E-state index is -0.732. The predicted octanol–water partition coefficient (Wildman–Crippen LogP) is 3.23. The van der Waals surface area contributed by atoms with Crippen LogP contribution in [0.25, 0.3) is 0 Å². The van der Waals surface area contributed by atoms with Gasteiger partial charge in [-0.15, -0.1) is 0 Å². The van der Waals surface area contributed by atoms with E-state index in [9.17, 15) is 9.59 Å². The van der Waals surface area contributed by atoms with E-state index in [2.05, 4.69) is 20.6 Å². The highest BCUT2D eigenvalue weighted by molar-refractivity contribution is 6.30. The maximum atomic E-state index is 11.7. The highest BCUT2D eigenvalue weighted by Gasteiger charge is 2.03. The van der Waals surface area contributed by atoms with Crippen molar-refractivity contribution in [2.75, 3.05) is 11.9 Å². The van der Waals surface area contributed by atoms with E-state index >= 15 is 0 Å². The third kappa shape index (κ3) is 6.50. The molecule has 0 saturated carbocycles. The second kappa shape index (κ2) is 9.32. The summed E-state index contributed by atoms with van der Waals surface area (Å²) in [6.45, 7) is 0.167. The SMILES string of the molecule is O=C(Cc1ccccc1)NC/C=N/OC(=O)Nc1ccc(Cl)cc1. The zero-order valence-corrected chi connectivity index (χ0v) is 13.5. The van der Waals surface area contributed by atoms with Gasteiger partial charge in [0.1, 0.15) is 0 Å². The lowest BCUT2D eigenvalue weighted by Gasteiger charge is -2.03. The molecule has 124 valence electrons. The van der Waals surface area contributed by atoms with Gasteiger partial charge >= 0.3 is 6.09 Å². The molecular weight excluding hydrogens is 330 g/mol. The number of oxime groups is 1. The van der Waals surface area contributed by atoms with Crippen LogP contribution < -0.4 is 10.6 Å². The third-order valence-corrected chi connectivity index (χ3v) is 3.15. The smallest absolute Gasteiger partial charge is 0.351 e. The molecule has 2 rings (SSSR count). The molecule has 2 amide bonds. The van der Waals surface area contributed by atoms with Crippen LogP contribution in [0.1, 0.15) is 5.56 Å². The molecule has 2 aromatic rings. The van der Waals surface area contributed by atoms with Gasteiger partial charge in [-0.25, -0.2) is 4.79 Å². The zero-order chi connectivity index (χ0) is 17.2. The van der Waals surface area contributed by atoms with E-state index in [-0.39, 0.29) is 18.9 Å². The molecule has 24 heavy (non-hydrogen) atoms. The fourth-order valence-electron chi connectivity index (χ4n) is 1.80. The summed E-state index contributed by atoms with van der Waals surface area (Å²) >= 11 is 5.74. The first-order chi connectivity index (χ1) is 11.6. The Kier molecular flexibility index (Phi) is 6.79. The first-order valence-electron chi connectivity index (χ1n) is 7.19. The topological polar surface area (TPSA) is 79.8 Å². The quantitative estimate of drug-likeness (QED) is 0.479. The van der Waals surface area contributed by atoms with Crippen LogP contribution in [0, 0.1) is 0 Å². The summed E-state index contributed by atoms with van der Waals surface area (Å²) in [4.78, 5) is 27.8. The van der Waals surface area contributed by atoms with Crippen molar-refractivity contribution < 1.29 is 14.4 Å². The molecule has 2 aromatic carbocycles. The molecule has 0 heterocycles. The molecule has 0 unspecified atom stereocenters.